The van der Waals surface area contributed by atoms with E-state index in [1.54, 1.807) is 0 Å². The predicted octanol–water partition coefficient (Wildman–Crippen LogP) is 2.79. The van der Waals surface area contributed by atoms with Crippen LogP contribution in [0.2, 0.25) is 0 Å². The molecule has 2 aromatic rings. The molecular formula is C18H20N2O2. The van der Waals surface area contributed by atoms with E-state index >= 15 is 0 Å². The minimum absolute atomic E-state index is 0.00266. The molecule has 0 spiro atoms. The van der Waals surface area contributed by atoms with Gasteiger partial charge >= 0.3 is 0 Å². The first-order valence-electron chi connectivity index (χ1n) is 7.52. The van der Waals surface area contributed by atoms with Crippen LogP contribution in [0.5, 0.6) is 0 Å². The molecule has 1 amide bonds. The van der Waals surface area contributed by atoms with Gasteiger partial charge in [-0.1, -0.05) is 48.5 Å². The van der Waals surface area contributed by atoms with Crippen molar-refractivity contribution in [2.24, 2.45) is 0 Å². The molecular weight excluding hydrogens is 276 g/mol. The summed E-state index contributed by atoms with van der Waals surface area (Å²) in [6.07, 6.45) is 0.873. The van der Waals surface area contributed by atoms with Gasteiger partial charge in [0.25, 0.3) is 5.91 Å². The van der Waals surface area contributed by atoms with Crippen molar-refractivity contribution in [3.05, 3.63) is 71.8 Å². The number of carbonyl (C=O) groups is 1. The van der Waals surface area contributed by atoms with Gasteiger partial charge in [-0.05, 0) is 24.1 Å². The number of carbonyl (C=O) groups excluding carboxylic acids is 1. The largest absolute Gasteiger partial charge is 0.349 e. The second-order valence-corrected chi connectivity index (χ2v) is 5.51. The Morgan fingerprint density at radius 1 is 1.14 bits per heavy atom. The monoisotopic (exact) mass is 296 g/mol. The molecule has 22 heavy (non-hydrogen) atoms. The highest BCUT2D eigenvalue weighted by Gasteiger charge is 2.32. The maximum atomic E-state index is 12.1. The molecule has 0 bridgehead atoms. The Balaban J connectivity index is 1.56. The van der Waals surface area contributed by atoms with Gasteiger partial charge in [0, 0.05) is 19.2 Å². The van der Waals surface area contributed by atoms with Crippen molar-refractivity contribution in [1.82, 2.24) is 10.4 Å². The first-order chi connectivity index (χ1) is 10.7. The first-order valence-corrected chi connectivity index (χ1v) is 7.52. The molecule has 0 radical (unpaired) electrons. The van der Waals surface area contributed by atoms with Crippen molar-refractivity contribution in [3.63, 3.8) is 0 Å². The third-order valence-electron chi connectivity index (χ3n) is 3.95. The molecule has 0 aliphatic carbocycles. The fourth-order valence-electron chi connectivity index (χ4n) is 2.79. The van der Waals surface area contributed by atoms with Crippen molar-refractivity contribution < 1.29 is 9.63 Å². The number of hydrogen-bond donors (Lipinski definition) is 1. The third-order valence-corrected chi connectivity index (χ3v) is 3.95. The molecule has 0 saturated carbocycles. The number of rotatable bonds is 4. The quantitative estimate of drug-likeness (QED) is 0.943. The van der Waals surface area contributed by atoms with Crippen LogP contribution in [-0.4, -0.2) is 30.7 Å². The van der Waals surface area contributed by atoms with Crippen molar-refractivity contribution in [3.8, 4) is 0 Å². The zero-order valence-electron chi connectivity index (χ0n) is 12.6. The topological polar surface area (TPSA) is 41.6 Å². The lowest BCUT2D eigenvalue weighted by Gasteiger charge is -2.17. The molecule has 4 nitrogen and oxygen atoms in total. The van der Waals surface area contributed by atoms with E-state index in [0.717, 1.165) is 6.42 Å². The standard InChI is InChI=1S/C18H20N2O2/c1-20-17(14-8-4-2-5-9-14)12-16(22-20)13-19-18(21)15-10-6-3-7-11-15/h2-11,16-17H,12-13H2,1H3,(H,19,21)/t16-,17+/m0/s1. The van der Waals surface area contributed by atoms with Crippen molar-refractivity contribution in [1.29, 1.82) is 0 Å². The maximum Gasteiger partial charge on any atom is 0.251 e. The van der Waals surface area contributed by atoms with E-state index in [2.05, 4.69) is 17.4 Å². The Kier molecular flexibility index (Phi) is 4.51. The maximum absolute atomic E-state index is 12.1. The van der Waals surface area contributed by atoms with Gasteiger partial charge in [0.15, 0.2) is 0 Å². The van der Waals surface area contributed by atoms with Crippen LogP contribution < -0.4 is 5.32 Å². The van der Waals surface area contributed by atoms with Crippen LogP contribution in [0.4, 0.5) is 0 Å². The number of hydroxylamine groups is 2. The van der Waals surface area contributed by atoms with Crippen LogP contribution in [0.3, 0.4) is 0 Å². The summed E-state index contributed by atoms with van der Waals surface area (Å²) in [5.74, 6) is -0.0602. The van der Waals surface area contributed by atoms with E-state index in [-0.39, 0.29) is 18.1 Å². The van der Waals surface area contributed by atoms with Crippen LogP contribution in [0.15, 0.2) is 60.7 Å². The first kappa shape index (κ1) is 14.8. The third kappa shape index (κ3) is 3.35. The zero-order valence-corrected chi connectivity index (χ0v) is 12.6. The molecule has 1 N–H and O–H groups in total. The molecule has 1 saturated heterocycles. The summed E-state index contributed by atoms with van der Waals surface area (Å²) in [6, 6.07) is 19.8. The lowest BCUT2D eigenvalue weighted by atomic mass is 10.0. The van der Waals surface area contributed by atoms with Gasteiger partial charge in [-0.3, -0.25) is 9.63 Å². The molecule has 4 heteroatoms. The average Bonchev–Trinajstić information content (AvgIpc) is 2.95. The summed E-state index contributed by atoms with van der Waals surface area (Å²) in [7, 11) is 1.94. The average molecular weight is 296 g/mol. The zero-order chi connectivity index (χ0) is 15.4. The Morgan fingerprint density at radius 2 is 1.77 bits per heavy atom. The minimum atomic E-state index is -0.0602. The molecule has 0 unspecified atom stereocenters. The van der Waals surface area contributed by atoms with Gasteiger partial charge in [-0.2, -0.15) is 5.06 Å². The van der Waals surface area contributed by atoms with E-state index in [4.69, 9.17) is 4.84 Å². The molecule has 2 aromatic carbocycles. The van der Waals surface area contributed by atoms with Gasteiger partial charge in [-0.15, -0.1) is 0 Å². The predicted molar refractivity (Wildman–Crippen MR) is 85.2 cm³/mol. The van der Waals surface area contributed by atoms with Crippen molar-refractivity contribution >= 4 is 5.91 Å². The van der Waals surface area contributed by atoms with Crippen LogP contribution in [-0.2, 0) is 4.84 Å². The highest BCUT2D eigenvalue weighted by Crippen LogP contribution is 2.32. The molecule has 1 aliphatic rings. The Labute approximate surface area is 130 Å². The van der Waals surface area contributed by atoms with E-state index in [1.807, 2.05) is 60.6 Å². The second kappa shape index (κ2) is 6.73. The smallest absolute Gasteiger partial charge is 0.251 e. The molecule has 1 heterocycles. The van der Waals surface area contributed by atoms with E-state index in [0.29, 0.717) is 12.1 Å². The lowest BCUT2D eigenvalue weighted by molar-refractivity contribution is -0.142. The highest BCUT2D eigenvalue weighted by molar-refractivity contribution is 5.94. The fraction of sp³-hybridized carbons (Fsp3) is 0.278. The number of amides is 1. The summed E-state index contributed by atoms with van der Waals surface area (Å²) in [6.45, 7) is 0.515. The number of nitrogens with one attached hydrogen (secondary N) is 1. The normalized spacial score (nSPS) is 21.7. The minimum Gasteiger partial charge on any atom is -0.349 e. The summed E-state index contributed by atoms with van der Waals surface area (Å²) in [4.78, 5) is 17.9. The molecule has 114 valence electrons. The van der Waals surface area contributed by atoms with Gasteiger partial charge in [0.2, 0.25) is 0 Å². The van der Waals surface area contributed by atoms with Gasteiger partial charge in [-0.25, -0.2) is 0 Å². The van der Waals surface area contributed by atoms with Crippen LogP contribution in [0, 0.1) is 0 Å². The van der Waals surface area contributed by atoms with Crippen LogP contribution in [0.1, 0.15) is 28.4 Å². The fourth-order valence-corrected chi connectivity index (χ4v) is 2.79. The van der Waals surface area contributed by atoms with E-state index < -0.39 is 0 Å². The molecule has 3 rings (SSSR count). The summed E-state index contributed by atoms with van der Waals surface area (Å²) < 4.78 is 0. The van der Waals surface area contributed by atoms with E-state index in [9.17, 15) is 4.79 Å². The van der Waals surface area contributed by atoms with Gasteiger partial charge < -0.3 is 5.32 Å². The summed E-state index contributed by atoms with van der Waals surface area (Å²) in [5.41, 5.74) is 1.91. The van der Waals surface area contributed by atoms with Crippen molar-refractivity contribution in [2.75, 3.05) is 13.6 Å². The number of hydrogen-bond acceptors (Lipinski definition) is 3. The SMILES string of the molecule is CN1O[C@H](CNC(=O)c2ccccc2)C[C@@H]1c1ccccc1. The Hall–Kier alpha value is -2.17. The molecule has 1 aliphatic heterocycles. The molecule has 1 fully saturated rings. The lowest BCUT2D eigenvalue weighted by Crippen LogP contribution is -2.32. The second-order valence-electron chi connectivity index (χ2n) is 5.51. The number of nitrogens with zero attached hydrogens (tertiary/aromatic N) is 1. The van der Waals surface area contributed by atoms with E-state index in [1.165, 1.54) is 5.56 Å². The number of benzene rings is 2. The van der Waals surface area contributed by atoms with Gasteiger partial charge in [0.1, 0.15) is 0 Å². The Morgan fingerprint density at radius 3 is 2.45 bits per heavy atom. The van der Waals surface area contributed by atoms with Crippen LogP contribution >= 0.6 is 0 Å². The molecule has 0 aromatic heterocycles. The summed E-state index contributed by atoms with van der Waals surface area (Å²) in [5, 5.41) is 4.83. The molecule has 2 atom stereocenters. The highest BCUT2D eigenvalue weighted by atomic mass is 16.7. The van der Waals surface area contributed by atoms with Crippen LogP contribution in [0.25, 0.3) is 0 Å². The summed E-state index contributed by atoms with van der Waals surface area (Å²) >= 11 is 0. The van der Waals surface area contributed by atoms with Gasteiger partial charge in [0.05, 0.1) is 12.1 Å². The van der Waals surface area contributed by atoms with Crippen molar-refractivity contribution in [2.45, 2.75) is 18.6 Å². The Bertz CT molecular complexity index is 615.